The molecule has 2 N–H and O–H groups in total. The Morgan fingerprint density at radius 1 is 1.43 bits per heavy atom. The van der Waals surface area contributed by atoms with E-state index in [9.17, 15) is 0 Å². The van der Waals surface area contributed by atoms with Crippen molar-refractivity contribution in [2.24, 2.45) is 11.1 Å². The van der Waals surface area contributed by atoms with E-state index in [0.29, 0.717) is 8.67 Å². The molecule has 1 atom stereocenters. The first-order chi connectivity index (χ1) is 6.29. The van der Waals surface area contributed by atoms with Gasteiger partial charge in [-0.2, -0.15) is 0 Å². The molecule has 80 valence electrons. The Bertz CT molecular complexity index is 314. The van der Waals surface area contributed by atoms with Crippen molar-refractivity contribution in [3.63, 3.8) is 0 Å². The lowest BCUT2D eigenvalue weighted by Gasteiger charge is -2.22. The number of rotatable bonds is 2. The van der Waals surface area contributed by atoms with Gasteiger partial charge in [-0.05, 0) is 23.5 Å². The summed E-state index contributed by atoms with van der Waals surface area (Å²) >= 11 is 13.3. The second-order valence-corrected chi connectivity index (χ2v) is 6.94. The van der Waals surface area contributed by atoms with Crippen LogP contribution < -0.4 is 5.73 Å². The van der Waals surface area contributed by atoms with Gasteiger partial charge < -0.3 is 5.73 Å². The Labute approximate surface area is 99.2 Å². The van der Waals surface area contributed by atoms with Crippen molar-refractivity contribution in [3.8, 4) is 0 Å². The van der Waals surface area contributed by atoms with Crippen molar-refractivity contribution in [2.45, 2.75) is 33.2 Å². The minimum atomic E-state index is -0.0220. The van der Waals surface area contributed by atoms with Gasteiger partial charge in [0.1, 0.15) is 0 Å². The minimum absolute atomic E-state index is 0.0220. The molecule has 0 bridgehead atoms. The molecule has 0 aliphatic carbocycles. The maximum Gasteiger partial charge on any atom is 0.0991 e. The maximum absolute atomic E-state index is 6.06. The Balaban J connectivity index is 2.79. The summed E-state index contributed by atoms with van der Waals surface area (Å²) in [6.45, 7) is 6.48. The summed E-state index contributed by atoms with van der Waals surface area (Å²) in [7, 11) is 0. The second-order valence-electron chi connectivity index (χ2n) is 4.65. The predicted octanol–water partition coefficient (Wildman–Crippen LogP) is 4.49. The van der Waals surface area contributed by atoms with E-state index in [1.807, 2.05) is 6.07 Å². The third-order valence-electron chi connectivity index (χ3n) is 1.91. The lowest BCUT2D eigenvalue weighted by molar-refractivity contribution is 0.343. The standard InChI is InChI=1S/C10H15Cl2NS/c1-10(2,3)5-7(13)6-4-8(11)14-9(6)12/h4,7H,5,13H2,1-3H3. The molecule has 0 radical (unpaired) electrons. The average molecular weight is 252 g/mol. The van der Waals surface area contributed by atoms with Crippen molar-refractivity contribution in [3.05, 3.63) is 20.3 Å². The summed E-state index contributed by atoms with van der Waals surface area (Å²) in [5.41, 5.74) is 7.23. The van der Waals surface area contributed by atoms with Crippen molar-refractivity contribution in [1.29, 1.82) is 0 Å². The number of nitrogens with two attached hydrogens (primary N) is 1. The highest BCUT2D eigenvalue weighted by molar-refractivity contribution is 7.20. The fraction of sp³-hybridized carbons (Fsp3) is 0.600. The minimum Gasteiger partial charge on any atom is -0.324 e. The molecule has 0 fully saturated rings. The van der Waals surface area contributed by atoms with Gasteiger partial charge in [0.05, 0.1) is 8.67 Å². The van der Waals surface area contributed by atoms with Gasteiger partial charge in [0, 0.05) is 6.04 Å². The van der Waals surface area contributed by atoms with E-state index in [0.717, 1.165) is 12.0 Å². The van der Waals surface area contributed by atoms with Gasteiger partial charge in [-0.1, -0.05) is 44.0 Å². The van der Waals surface area contributed by atoms with E-state index in [4.69, 9.17) is 28.9 Å². The number of hydrogen-bond donors (Lipinski definition) is 1. The van der Waals surface area contributed by atoms with Gasteiger partial charge in [0.15, 0.2) is 0 Å². The summed E-state index contributed by atoms with van der Waals surface area (Å²) < 4.78 is 1.42. The zero-order chi connectivity index (χ0) is 10.9. The molecule has 1 rings (SSSR count). The second kappa shape index (κ2) is 4.40. The number of thiophene rings is 1. The predicted molar refractivity (Wildman–Crippen MR) is 65.3 cm³/mol. The zero-order valence-electron chi connectivity index (χ0n) is 8.60. The highest BCUT2D eigenvalue weighted by atomic mass is 35.5. The SMILES string of the molecule is CC(C)(C)CC(N)c1cc(Cl)sc1Cl. The Morgan fingerprint density at radius 3 is 2.36 bits per heavy atom. The van der Waals surface area contributed by atoms with Gasteiger partial charge in [0.25, 0.3) is 0 Å². The maximum atomic E-state index is 6.06. The quantitative estimate of drug-likeness (QED) is 0.824. The van der Waals surface area contributed by atoms with Crippen molar-refractivity contribution < 1.29 is 0 Å². The smallest absolute Gasteiger partial charge is 0.0991 e. The monoisotopic (exact) mass is 251 g/mol. The Morgan fingerprint density at radius 2 is 2.00 bits per heavy atom. The zero-order valence-corrected chi connectivity index (χ0v) is 10.9. The van der Waals surface area contributed by atoms with Crippen molar-refractivity contribution in [2.75, 3.05) is 0 Å². The molecule has 1 heterocycles. The third kappa shape index (κ3) is 3.43. The molecule has 1 unspecified atom stereocenters. The normalized spacial score (nSPS) is 14.4. The highest BCUT2D eigenvalue weighted by Gasteiger charge is 2.20. The van der Waals surface area contributed by atoms with Gasteiger partial charge in [0.2, 0.25) is 0 Å². The summed E-state index contributed by atoms with van der Waals surface area (Å²) in [4.78, 5) is 0. The van der Waals surface area contributed by atoms with Crippen LogP contribution in [0.2, 0.25) is 8.67 Å². The van der Waals surface area contributed by atoms with Gasteiger partial charge in [-0.3, -0.25) is 0 Å². The number of hydrogen-bond acceptors (Lipinski definition) is 2. The lowest BCUT2D eigenvalue weighted by Crippen LogP contribution is -2.18. The molecule has 0 saturated carbocycles. The molecule has 0 aliphatic rings. The lowest BCUT2D eigenvalue weighted by atomic mass is 9.86. The van der Waals surface area contributed by atoms with E-state index in [-0.39, 0.29) is 11.5 Å². The van der Waals surface area contributed by atoms with Gasteiger partial charge in [-0.15, -0.1) is 11.3 Å². The topological polar surface area (TPSA) is 26.0 Å². The van der Waals surface area contributed by atoms with Gasteiger partial charge in [-0.25, -0.2) is 0 Å². The van der Waals surface area contributed by atoms with Crippen LogP contribution in [0.15, 0.2) is 6.07 Å². The fourth-order valence-corrected chi connectivity index (χ4v) is 2.97. The number of halogens is 2. The van der Waals surface area contributed by atoms with Crippen LogP contribution in [0.1, 0.15) is 38.8 Å². The van der Waals surface area contributed by atoms with E-state index >= 15 is 0 Å². The van der Waals surface area contributed by atoms with E-state index in [1.165, 1.54) is 11.3 Å². The molecular weight excluding hydrogens is 237 g/mol. The molecule has 0 aromatic carbocycles. The first kappa shape index (κ1) is 12.3. The molecule has 0 aliphatic heterocycles. The molecular formula is C10H15Cl2NS. The highest BCUT2D eigenvalue weighted by Crippen LogP contribution is 2.37. The average Bonchev–Trinajstić information content (AvgIpc) is 2.26. The first-order valence-electron chi connectivity index (χ1n) is 4.50. The van der Waals surface area contributed by atoms with Crippen LogP contribution in [0.4, 0.5) is 0 Å². The molecule has 0 amide bonds. The summed E-state index contributed by atoms with van der Waals surface area (Å²) in [6, 6.07) is 1.84. The van der Waals surface area contributed by atoms with Crippen molar-refractivity contribution >= 4 is 34.5 Å². The van der Waals surface area contributed by atoms with E-state index in [1.54, 1.807) is 0 Å². The summed E-state index contributed by atoms with van der Waals surface area (Å²) in [5, 5.41) is 0. The van der Waals surface area contributed by atoms with Crippen molar-refractivity contribution in [1.82, 2.24) is 0 Å². The van der Waals surface area contributed by atoms with Crippen LogP contribution in [0.3, 0.4) is 0 Å². The fourth-order valence-electron chi connectivity index (χ4n) is 1.38. The molecule has 0 saturated heterocycles. The molecule has 14 heavy (non-hydrogen) atoms. The molecule has 1 aromatic heterocycles. The van der Waals surface area contributed by atoms with Crippen LogP contribution in [0.5, 0.6) is 0 Å². The van der Waals surface area contributed by atoms with Gasteiger partial charge >= 0.3 is 0 Å². The summed E-state index contributed by atoms with van der Waals surface area (Å²) in [6.07, 6.45) is 0.903. The van der Waals surface area contributed by atoms with Crippen LogP contribution in [-0.4, -0.2) is 0 Å². The van der Waals surface area contributed by atoms with E-state index in [2.05, 4.69) is 20.8 Å². The molecule has 1 aromatic rings. The molecule has 0 spiro atoms. The third-order valence-corrected chi connectivity index (χ3v) is 3.43. The van der Waals surface area contributed by atoms with Crippen LogP contribution >= 0.6 is 34.5 Å². The van der Waals surface area contributed by atoms with Crippen LogP contribution in [0, 0.1) is 5.41 Å². The summed E-state index contributed by atoms with van der Waals surface area (Å²) in [5.74, 6) is 0. The van der Waals surface area contributed by atoms with E-state index < -0.39 is 0 Å². The largest absolute Gasteiger partial charge is 0.324 e. The Kier molecular flexibility index (Phi) is 3.87. The Hall–Kier alpha value is 0.240. The van der Waals surface area contributed by atoms with Crippen LogP contribution in [-0.2, 0) is 0 Å². The molecule has 4 heteroatoms. The first-order valence-corrected chi connectivity index (χ1v) is 6.07. The van der Waals surface area contributed by atoms with Crippen LogP contribution in [0.25, 0.3) is 0 Å². The molecule has 1 nitrogen and oxygen atoms in total.